The minimum Gasteiger partial charge on any atom is -0.475 e. The number of ether oxygens (including phenoxy) is 2. The number of oxime groups is 1. The maximum Gasteiger partial charge on any atom is 0.257 e. The van der Waals surface area contributed by atoms with Crippen LogP contribution in [0, 0.1) is 0 Å². The number of anilines is 2. The van der Waals surface area contributed by atoms with Gasteiger partial charge in [0.25, 0.3) is 5.90 Å². The summed E-state index contributed by atoms with van der Waals surface area (Å²) in [5, 5.41) is 11.0. The number of nitrogens with zero attached hydrogens (tertiary/aromatic N) is 2. The van der Waals surface area contributed by atoms with Crippen LogP contribution in [0.25, 0.3) is 11.1 Å². The van der Waals surface area contributed by atoms with Gasteiger partial charge in [-0.1, -0.05) is 18.2 Å². The van der Waals surface area contributed by atoms with Gasteiger partial charge in [-0.2, -0.15) is 0 Å². The van der Waals surface area contributed by atoms with Crippen LogP contribution in [0.15, 0.2) is 65.9 Å². The number of benzene rings is 2. The molecule has 0 saturated heterocycles. The molecule has 2 heterocycles. The number of fused-ring (bicyclic) bond motifs is 1. The molecule has 2 N–H and O–H groups in total. The van der Waals surface area contributed by atoms with E-state index < -0.39 is 0 Å². The monoisotopic (exact) mass is 446 g/mol. The molecular formula is C26H30N4O3. The zero-order valence-corrected chi connectivity index (χ0v) is 19.3. The van der Waals surface area contributed by atoms with Crippen molar-refractivity contribution >= 4 is 17.3 Å². The Balaban J connectivity index is 1.42. The van der Waals surface area contributed by atoms with Gasteiger partial charge < -0.3 is 24.9 Å². The van der Waals surface area contributed by atoms with Gasteiger partial charge in [-0.15, -0.1) is 0 Å². The summed E-state index contributed by atoms with van der Waals surface area (Å²) in [6, 6.07) is 18.0. The topological polar surface area (TPSA) is 77.0 Å². The fourth-order valence-corrected chi connectivity index (χ4v) is 3.51. The van der Waals surface area contributed by atoms with E-state index in [4.69, 9.17) is 14.3 Å². The molecule has 0 spiro atoms. The van der Waals surface area contributed by atoms with E-state index in [2.05, 4.69) is 32.9 Å². The van der Waals surface area contributed by atoms with Gasteiger partial charge in [-0.25, -0.2) is 4.98 Å². The van der Waals surface area contributed by atoms with Crippen LogP contribution in [-0.2, 0) is 16.2 Å². The Morgan fingerprint density at radius 3 is 2.42 bits per heavy atom. The fourth-order valence-electron chi connectivity index (χ4n) is 3.51. The molecule has 0 bridgehead atoms. The van der Waals surface area contributed by atoms with E-state index in [1.54, 1.807) is 0 Å². The zero-order valence-electron chi connectivity index (χ0n) is 19.3. The Morgan fingerprint density at radius 1 is 0.970 bits per heavy atom. The number of hydrogen-bond acceptors (Lipinski definition) is 7. The van der Waals surface area contributed by atoms with E-state index in [0.29, 0.717) is 25.0 Å². The highest BCUT2D eigenvalue weighted by Gasteiger charge is 2.10. The molecule has 0 saturated carbocycles. The number of aromatic nitrogens is 1. The summed E-state index contributed by atoms with van der Waals surface area (Å²) < 4.78 is 11.3. The molecule has 0 amide bonds. The highest BCUT2D eigenvalue weighted by atomic mass is 16.6. The lowest BCUT2D eigenvalue weighted by Gasteiger charge is -2.20. The maximum absolute atomic E-state index is 5.73. The van der Waals surface area contributed by atoms with Crippen molar-refractivity contribution in [3.8, 4) is 17.0 Å². The third-order valence-electron chi connectivity index (χ3n) is 5.06. The number of hydrogen-bond donors (Lipinski definition) is 2. The standard InChI is InChI=1S/C26H30N4O3/c1-4-31-26(30-32-17-19-5-11-23-24(15-19)28-14-13-27-23)21-8-6-20(7-9-21)22-10-12-25(29-16-22)33-18(2)3/h5-12,15-16,18,27-28H,4,13-14,17H2,1-3H3/b30-26-. The average molecular weight is 447 g/mol. The van der Waals surface area contributed by atoms with Crippen LogP contribution < -0.4 is 15.4 Å². The van der Waals surface area contributed by atoms with Gasteiger partial charge in [0.15, 0.2) is 0 Å². The van der Waals surface area contributed by atoms with Crippen molar-refractivity contribution in [2.75, 3.05) is 30.3 Å². The summed E-state index contributed by atoms with van der Waals surface area (Å²) in [6.45, 7) is 8.59. The molecule has 2 aromatic carbocycles. The van der Waals surface area contributed by atoms with Crippen LogP contribution in [-0.4, -0.2) is 36.7 Å². The molecule has 7 heteroatoms. The van der Waals surface area contributed by atoms with Gasteiger partial charge in [0.05, 0.1) is 24.1 Å². The number of nitrogens with one attached hydrogen (secondary N) is 2. The van der Waals surface area contributed by atoms with Crippen LogP contribution in [0.5, 0.6) is 5.88 Å². The van der Waals surface area contributed by atoms with Crippen molar-refractivity contribution in [3.05, 3.63) is 71.9 Å². The smallest absolute Gasteiger partial charge is 0.257 e. The minimum atomic E-state index is 0.0991. The minimum absolute atomic E-state index is 0.0991. The van der Waals surface area contributed by atoms with Crippen molar-refractivity contribution < 1.29 is 14.3 Å². The van der Waals surface area contributed by atoms with Gasteiger partial charge in [0.2, 0.25) is 5.88 Å². The van der Waals surface area contributed by atoms with Gasteiger partial charge in [0.1, 0.15) is 6.61 Å². The van der Waals surface area contributed by atoms with Crippen LogP contribution in [0.2, 0.25) is 0 Å². The summed E-state index contributed by atoms with van der Waals surface area (Å²) in [7, 11) is 0. The summed E-state index contributed by atoms with van der Waals surface area (Å²) >= 11 is 0. The van der Waals surface area contributed by atoms with E-state index in [-0.39, 0.29) is 6.10 Å². The van der Waals surface area contributed by atoms with E-state index in [9.17, 15) is 0 Å². The van der Waals surface area contributed by atoms with Crippen molar-refractivity contribution in [2.24, 2.45) is 5.16 Å². The predicted molar refractivity (Wildman–Crippen MR) is 132 cm³/mol. The zero-order chi connectivity index (χ0) is 23.0. The first kappa shape index (κ1) is 22.5. The third kappa shape index (κ3) is 5.94. The molecule has 7 nitrogen and oxygen atoms in total. The lowest BCUT2D eigenvalue weighted by Crippen LogP contribution is -2.20. The summed E-state index contributed by atoms with van der Waals surface area (Å²) in [4.78, 5) is 10.0. The second kappa shape index (κ2) is 10.7. The molecule has 0 unspecified atom stereocenters. The highest BCUT2D eigenvalue weighted by Crippen LogP contribution is 2.26. The summed E-state index contributed by atoms with van der Waals surface area (Å²) in [5.41, 5.74) is 6.15. The molecule has 0 atom stereocenters. The Kier molecular flexibility index (Phi) is 7.29. The first-order valence-corrected chi connectivity index (χ1v) is 11.3. The Labute approximate surface area is 194 Å². The van der Waals surface area contributed by atoms with Crippen LogP contribution in [0.3, 0.4) is 0 Å². The van der Waals surface area contributed by atoms with Crippen LogP contribution >= 0.6 is 0 Å². The lowest BCUT2D eigenvalue weighted by molar-refractivity contribution is 0.120. The molecule has 1 aliphatic rings. The van der Waals surface area contributed by atoms with Crippen molar-refractivity contribution in [2.45, 2.75) is 33.5 Å². The fraction of sp³-hybridized carbons (Fsp3) is 0.308. The maximum atomic E-state index is 5.73. The van der Waals surface area contributed by atoms with E-state index in [1.165, 1.54) is 0 Å². The first-order chi connectivity index (χ1) is 16.1. The molecule has 0 fully saturated rings. The molecule has 4 rings (SSSR count). The van der Waals surface area contributed by atoms with Crippen LogP contribution in [0.1, 0.15) is 31.9 Å². The molecule has 1 aliphatic heterocycles. The van der Waals surface area contributed by atoms with E-state index in [1.807, 2.05) is 69.4 Å². The molecule has 1 aromatic heterocycles. The molecule has 33 heavy (non-hydrogen) atoms. The van der Waals surface area contributed by atoms with Gasteiger partial charge in [-0.3, -0.25) is 0 Å². The Hall–Kier alpha value is -3.74. The largest absolute Gasteiger partial charge is 0.475 e. The van der Waals surface area contributed by atoms with Crippen molar-refractivity contribution in [3.63, 3.8) is 0 Å². The van der Waals surface area contributed by atoms with Crippen molar-refractivity contribution in [1.29, 1.82) is 0 Å². The van der Waals surface area contributed by atoms with Crippen LogP contribution in [0.4, 0.5) is 11.4 Å². The number of pyridine rings is 1. The molecule has 0 radical (unpaired) electrons. The summed E-state index contributed by atoms with van der Waals surface area (Å²) in [6.07, 6.45) is 1.91. The lowest BCUT2D eigenvalue weighted by atomic mass is 10.1. The SMILES string of the molecule is CCO/C(=N\OCc1ccc2c(c1)NCCN2)c1ccc(-c2ccc(OC(C)C)nc2)cc1. The summed E-state index contributed by atoms with van der Waals surface area (Å²) in [5.74, 6) is 1.08. The molecular weight excluding hydrogens is 416 g/mol. The second-order valence-corrected chi connectivity index (χ2v) is 7.97. The quantitative estimate of drug-likeness (QED) is 0.278. The molecule has 0 aliphatic carbocycles. The number of rotatable bonds is 8. The normalized spacial score (nSPS) is 13.0. The molecule has 3 aromatic rings. The Bertz CT molecular complexity index is 1080. The highest BCUT2D eigenvalue weighted by molar-refractivity contribution is 5.94. The van der Waals surface area contributed by atoms with Crippen molar-refractivity contribution in [1.82, 2.24) is 4.98 Å². The Morgan fingerprint density at radius 2 is 1.73 bits per heavy atom. The van der Waals surface area contributed by atoms with Gasteiger partial charge in [0, 0.05) is 36.5 Å². The third-order valence-corrected chi connectivity index (χ3v) is 5.06. The van der Waals surface area contributed by atoms with Gasteiger partial charge >= 0.3 is 0 Å². The second-order valence-electron chi connectivity index (χ2n) is 7.97. The van der Waals surface area contributed by atoms with Gasteiger partial charge in [-0.05, 0) is 67.4 Å². The van der Waals surface area contributed by atoms with E-state index in [0.717, 1.165) is 46.7 Å². The predicted octanol–water partition coefficient (Wildman–Crippen LogP) is 5.29. The first-order valence-electron chi connectivity index (χ1n) is 11.3. The van der Waals surface area contributed by atoms with E-state index >= 15 is 0 Å². The molecule has 172 valence electrons. The average Bonchev–Trinajstić information content (AvgIpc) is 2.84.